The van der Waals surface area contributed by atoms with Gasteiger partial charge >= 0.3 is 0 Å². The summed E-state index contributed by atoms with van der Waals surface area (Å²) in [6.45, 7) is 1.00. The lowest BCUT2D eigenvalue weighted by Gasteiger charge is -2.11. The van der Waals surface area contributed by atoms with E-state index in [1.54, 1.807) is 0 Å². The van der Waals surface area contributed by atoms with Crippen LogP contribution >= 0.6 is 11.6 Å². The number of halogens is 1. The Morgan fingerprint density at radius 1 is 1.56 bits per heavy atom. The van der Waals surface area contributed by atoms with Crippen LogP contribution in [0.25, 0.3) is 0 Å². The second-order valence-electron chi connectivity index (χ2n) is 3.50. The number of hydrogen-bond acceptors (Lipinski definition) is 4. The lowest BCUT2D eigenvalue weighted by molar-refractivity contribution is 0.192. The minimum Gasteiger partial charge on any atom is -0.380 e. The van der Waals surface area contributed by atoms with E-state index >= 15 is 0 Å². The average Bonchev–Trinajstić information content (AvgIpc) is 2.70. The zero-order chi connectivity index (χ0) is 11.6. The average molecular weight is 263 g/mol. The number of sulfonamides is 1. The van der Waals surface area contributed by atoms with E-state index in [1.165, 1.54) is 18.3 Å². The van der Waals surface area contributed by atoms with E-state index in [-0.39, 0.29) is 16.1 Å². The Morgan fingerprint density at radius 3 is 3.00 bits per heavy atom. The largest absolute Gasteiger partial charge is 0.380 e. The number of pyridine rings is 1. The molecule has 0 saturated carbocycles. The van der Waals surface area contributed by atoms with Crippen molar-refractivity contribution in [2.24, 2.45) is 0 Å². The summed E-state index contributed by atoms with van der Waals surface area (Å²) >= 11 is 5.64. The summed E-state index contributed by atoms with van der Waals surface area (Å²) in [6, 6.07) is 2.57. The number of nitrogens with one attached hydrogen (secondary N) is 1. The third-order valence-electron chi connectivity index (χ3n) is 2.26. The fraction of sp³-hybridized carbons (Fsp3) is 0.444. The second kappa shape index (κ2) is 4.67. The summed E-state index contributed by atoms with van der Waals surface area (Å²) in [6.07, 6.45) is 2.06. The van der Waals surface area contributed by atoms with Crippen LogP contribution in [-0.4, -0.2) is 32.7 Å². The fourth-order valence-corrected chi connectivity index (χ4v) is 2.97. The Balaban J connectivity index is 2.18. The molecule has 0 amide bonds. The Kier molecular flexibility index (Phi) is 3.44. The van der Waals surface area contributed by atoms with E-state index in [4.69, 9.17) is 16.3 Å². The lowest BCUT2D eigenvalue weighted by atomic mass is 10.3. The summed E-state index contributed by atoms with van der Waals surface area (Å²) < 4.78 is 31.4. The number of ether oxygens (including phenoxy) is 1. The fourth-order valence-electron chi connectivity index (χ4n) is 1.47. The number of hydrogen-bond donors (Lipinski definition) is 1. The molecule has 0 aromatic carbocycles. The number of rotatable bonds is 3. The maximum absolute atomic E-state index is 11.9. The van der Waals surface area contributed by atoms with Gasteiger partial charge in [-0.05, 0) is 18.6 Å². The minimum atomic E-state index is -3.52. The van der Waals surface area contributed by atoms with Crippen molar-refractivity contribution < 1.29 is 13.2 Å². The predicted octanol–water partition coefficient (Wildman–Crippen LogP) is 0.802. The standard InChI is InChI=1S/C9H11ClN2O3S/c10-9-5-8(1-3-11-9)16(13,14)12-7-2-4-15-6-7/h1,3,5,7,12H,2,4,6H2. The molecule has 16 heavy (non-hydrogen) atoms. The van der Waals surface area contributed by atoms with Crippen LogP contribution in [-0.2, 0) is 14.8 Å². The normalized spacial score (nSPS) is 21.2. The van der Waals surface area contributed by atoms with Gasteiger partial charge in [-0.2, -0.15) is 0 Å². The maximum Gasteiger partial charge on any atom is 0.241 e. The van der Waals surface area contributed by atoms with E-state index < -0.39 is 10.0 Å². The lowest BCUT2D eigenvalue weighted by Crippen LogP contribution is -2.35. The van der Waals surface area contributed by atoms with Crippen molar-refractivity contribution in [2.75, 3.05) is 13.2 Å². The Labute approximate surface area is 98.8 Å². The number of nitrogens with zero attached hydrogens (tertiary/aromatic N) is 1. The van der Waals surface area contributed by atoms with Gasteiger partial charge in [0.1, 0.15) is 5.15 Å². The van der Waals surface area contributed by atoms with E-state index in [2.05, 4.69) is 9.71 Å². The molecular formula is C9H11ClN2O3S. The molecule has 0 aliphatic carbocycles. The van der Waals surface area contributed by atoms with Gasteiger partial charge in [0, 0.05) is 18.8 Å². The maximum atomic E-state index is 11.9. The van der Waals surface area contributed by atoms with Crippen molar-refractivity contribution in [1.29, 1.82) is 0 Å². The first kappa shape index (κ1) is 11.8. The van der Waals surface area contributed by atoms with Gasteiger partial charge < -0.3 is 4.74 Å². The van der Waals surface area contributed by atoms with Gasteiger partial charge in [0.2, 0.25) is 10.0 Å². The summed E-state index contributed by atoms with van der Waals surface area (Å²) in [5.41, 5.74) is 0. The van der Waals surface area contributed by atoms with Gasteiger partial charge in [0.05, 0.1) is 11.5 Å². The molecule has 2 rings (SSSR count). The van der Waals surface area contributed by atoms with E-state index in [1.807, 2.05) is 0 Å². The Bertz CT molecular complexity index is 471. The molecule has 1 aliphatic rings. The quantitative estimate of drug-likeness (QED) is 0.819. The van der Waals surface area contributed by atoms with Crippen LogP contribution in [0.3, 0.4) is 0 Å². The molecule has 0 bridgehead atoms. The summed E-state index contributed by atoms with van der Waals surface area (Å²) in [5, 5.41) is 0.158. The molecule has 1 aromatic heterocycles. The van der Waals surface area contributed by atoms with Gasteiger partial charge in [-0.1, -0.05) is 11.6 Å². The van der Waals surface area contributed by atoms with Gasteiger partial charge in [-0.25, -0.2) is 18.1 Å². The van der Waals surface area contributed by atoms with Crippen molar-refractivity contribution in [3.8, 4) is 0 Å². The molecular weight excluding hydrogens is 252 g/mol. The molecule has 0 spiro atoms. The van der Waals surface area contributed by atoms with Gasteiger partial charge in [0.25, 0.3) is 0 Å². The van der Waals surface area contributed by atoms with Crippen LogP contribution in [0.4, 0.5) is 0 Å². The third kappa shape index (κ3) is 2.70. The monoisotopic (exact) mass is 262 g/mol. The molecule has 1 atom stereocenters. The highest BCUT2D eigenvalue weighted by Crippen LogP contribution is 2.14. The molecule has 1 aromatic rings. The van der Waals surface area contributed by atoms with Gasteiger partial charge in [-0.15, -0.1) is 0 Å². The van der Waals surface area contributed by atoms with Gasteiger partial charge in [0.15, 0.2) is 0 Å². The summed E-state index contributed by atoms with van der Waals surface area (Å²) in [4.78, 5) is 3.86. The van der Waals surface area contributed by atoms with Crippen LogP contribution in [0, 0.1) is 0 Å². The first-order valence-corrected chi connectivity index (χ1v) is 6.66. The van der Waals surface area contributed by atoms with E-state index in [0.717, 1.165) is 0 Å². The Hall–Kier alpha value is -0.690. The molecule has 88 valence electrons. The number of aromatic nitrogens is 1. The smallest absolute Gasteiger partial charge is 0.241 e. The highest BCUT2D eigenvalue weighted by molar-refractivity contribution is 7.89. The molecule has 7 heteroatoms. The third-order valence-corrected chi connectivity index (χ3v) is 3.98. The molecule has 1 saturated heterocycles. The summed E-state index contributed by atoms with van der Waals surface area (Å²) in [7, 11) is -3.52. The topological polar surface area (TPSA) is 68.3 Å². The van der Waals surface area contributed by atoms with Gasteiger partial charge in [-0.3, -0.25) is 0 Å². The molecule has 1 fully saturated rings. The predicted molar refractivity (Wildman–Crippen MR) is 58.8 cm³/mol. The molecule has 2 heterocycles. The highest BCUT2D eigenvalue weighted by atomic mass is 35.5. The van der Waals surface area contributed by atoms with Crippen LogP contribution < -0.4 is 4.72 Å². The molecule has 1 N–H and O–H groups in total. The van der Waals surface area contributed by atoms with Crippen molar-refractivity contribution >= 4 is 21.6 Å². The minimum absolute atomic E-state index is 0.124. The van der Waals surface area contributed by atoms with E-state index in [9.17, 15) is 8.42 Å². The zero-order valence-corrected chi connectivity index (χ0v) is 9.96. The van der Waals surface area contributed by atoms with Crippen molar-refractivity contribution in [2.45, 2.75) is 17.4 Å². The van der Waals surface area contributed by atoms with E-state index in [0.29, 0.717) is 19.6 Å². The molecule has 0 radical (unpaired) electrons. The zero-order valence-electron chi connectivity index (χ0n) is 8.39. The van der Waals surface area contributed by atoms with Crippen LogP contribution in [0.5, 0.6) is 0 Å². The molecule has 5 nitrogen and oxygen atoms in total. The Morgan fingerprint density at radius 2 is 2.38 bits per heavy atom. The van der Waals surface area contributed by atoms with Crippen molar-refractivity contribution in [1.82, 2.24) is 9.71 Å². The van der Waals surface area contributed by atoms with Crippen LogP contribution in [0.15, 0.2) is 23.2 Å². The first-order valence-electron chi connectivity index (χ1n) is 4.79. The summed E-state index contributed by atoms with van der Waals surface area (Å²) in [5.74, 6) is 0. The SMILES string of the molecule is O=S(=O)(NC1CCOC1)c1ccnc(Cl)c1. The first-order chi connectivity index (χ1) is 7.58. The van der Waals surface area contributed by atoms with Crippen molar-refractivity contribution in [3.05, 3.63) is 23.5 Å². The molecule has 1 aliphatic heterocycles. The second-order valence-corrected chi connectivity index (χ2v) is 5.60. The molecule has 1 unspecified atom stereocenters. The van der Waals surface area contributed by atoms with Crippen molar-refractivity contribution in [3.63, 3.8) is 0 Å². The van der Waals surface area contributed by atoms with Crippen LogP contribution in [0.1, 0.15) is 6.42 Å². The van der Waals surface area contributed by atoms with Crippen LogP contribution in [0.2, 0.25) is 5.15 Å². The highest BCUT2D eigenvalue weighted by Gasteiger charge is 2.23.